The number of sulfonamides is 1. The van der Waals surface area contributed by atoms with Crippen molar-refractivity contribution in [2.24, 2.45) is 0 Å². The summed E-state index contributed by atoms with van der Waals surface area (Å²) in [7, 11) is -3.79. The van der Waals surface area contributed by atoms with Gasteiger partial charge in [0, 0.05) is 19.5 Å². The van der Waals surface area contributed by atoms with Gasteiger partial charge in [0.15, 0.2) is 0 Å². The quantitative estimate of drug-likeness (QED) is 0.400. The lowest BCUT2D eigenvalue weighted by Crippen LogP contribution is -2.53. The van der Waals surface area contributed by atoms with Crippen LogP contribution in [0.15, 0.2) is 72.8 Å². The standard InChI is InChI=1S/C30H37N3O4S/c1-6-31-30(35)28(19-25-10-8-7-9-11-25)32(20-26-16-13-22(2)14-17-26)29(34)21-33(38(5,36)37)27-18-23(3)12-15-24(27)4/h7-18,28H,6,19-21H2,1-5H3,(H,31,35)/t28-/m1/s1. The number of likely N-dealkylation sites (N-methyl/N-ethyl adjacent to an activating group) is 1. The van der Waals surface area contributed by atoms with Gasteiger partial charge in [-0.15, -0.1) is 0 Å². The van der Waals surface area contributed by atoms with Crippen LogP contribution in [0.5, 0.6) is 0 Å². The van der Waals surface area contributed by atoms with E-state index < -0.39 is 28.5 Å². The van der Waals surface area contributed by atoms with Crippen molar-refractivity contribution in [1.82, 2.24) is 10.2 Å². The third-order valence-corrected chi connectivity index (χ3v) is 7.53. The Morgan fingerprint density at radius 1 is 0.868 bits per heavy atom. The van der Waals surface area contributed by atoms with Crippen LogP contribution in [-0.4, -0.2) is 50.5 Å². The smallest absolute Gasteiger partial charge is 0.244 e. The summed E-state index contributed by atoms with van der Waals surface area (Å²) in [6, 6.07) is 21.9. The van der Waals surface area contributed by atoms with Gasteiger partial charge in [0.2, 0.25) is 21.8 Å². The molecule has 0 saturated carbocycles. The Balaban J connectivity index is 2.06. The summed E-state index contributed by atoms with van der Waals surface area (Å²) in [6.45, 7) is 7.66. The fraction of sp³-hybridized carbons (Fsp3) is 0.333. The summed E-state index contributed by atoms with van der Waals surface area (Å²) >= 11 is 0. The molecule has 0 saturated heterocycles. The Labute approximate surface area is 226 Å². The number of aryl methyl sites for hydroxylation is 3. The summed E-state index contributed by atoms with van der Waals surface area (Å²) in [5, 5.41) is 2.86. The maximum Gasteiger partial charge on any atom is 0.244 e. The van der Waals surface area contributed by atoms with Crippen LogP contribution in [0.4, 0.5) is 5.69 Å². The fourth-order valence-electron chi connectivity index (χ4n) is 4.32. The van der Waals surface area contributed by atoms with Crippen molar-refractivity contribution in [1.29, 1.82) is 0 Å². The average molecular weight is 536 g/mol. The predicted molar refractivity (Wildman–Crippen MR) is 152 cm³/mol. The monoisotopic (exact) mass is 535 g/mol. The largest absolute Gasteiger partial charge is 0.355 e. The molecule has 8 heteroatoms. The maximum atomic E-state index is 14.0. The number of nitrogens with zero attached hydrogens (tertiary/aromatic N) is 2. The van der Waals surface area contributed by atoms with E-state index in [9.17, 15) is 18.0 Å². The third kappa shape index (κ3) is 7.68. The number of carbonyl (C=O) groups excluding carboxylic acids is 2. The molecule has 202 valence electrons. The van der Waals surface area contributed by atoms with E-state index in [2.05, 4.69) is 5.32 Å². The van der Waals surface area contributed by atoms with Gasteiger partial charge in [-0.3, -0.25) is 13.9 Å². The molecule has 0 aliphatic carbocycles. The molecule has 1 atom stereocenters. The van der Waals surface area contributed by atoms with Crippen LogP contribution >= 0.6 is 0 Å². The zero-order valence-electron chi connectivity index (χ0n) is 22.8. The minimum absolute atomic E-state index is 0.165. The Bertz CT molecular complexity index is 1360. The highest BCUT2D eigenvalue weighted by Gasteiger charge is 2.33. The maximum absolute atomic E-state index is 14.0. The number of hydrogen-bond acceptors (Lipinski definition) is 4. The number of benzene rings is 3. The van der Waals surface area contributed by atoms with Gasteiger partial charge in [-0.2, -0.15) is 0 Å². The van der Waals surface area contributed by atoms with Crippen molar-refractivity contribution in [3.8, 4) is 0 Å². The van der Waals surface area contributed by atoms with Crippen molar-refractivity contribution >= 4 is 27.5 Å². The Kier molecular flexibility index (Phi) is 9.69. The van der Waals surface area contributed by atoms with Crippen molar-refractivity contribution in [2.75, 3.05) is 23.7 Å². The normalized spacial score (nSPS) is 12.0. The molecule has 0 aliphatic rings. The van der Waals surface area contributed by atoms with Gasteiger partial charge < -0.3 is 10.2 Å². The highest BCUT2D eigenvalue weighted by atomic mass is 32.2. The molecule has 38 heavy (non-hydrogen) atoms. The molecule has 7 nitrogen and oxygen atoms in total. The summed E-state index contributed by atoms with van der Waals surface area (Å²) in [6.07, 6.45) is 1.39. The van der Waals surface area contributed by atoms with Crippen LogP contribution in [0.25, 0.3) is 0 Å². The lowest BCUT2D eigenvalue weighted by atomic mass is 10.0. The van der Waals surface area contributed by atoms with E-state index in [4.69, 9.17) is 0 Å². The Morgan fingerprint density at radius 2 is 1.50 bits per heavy atom. The first-order chi connectivity index (χ1) is 18.0. The highest BCUT2D eigenvalue weighted by Crippen LogP contribution is 2.25. The van der Waals surface area contributed by atoms with Crippen molar-refractivity contribution in [3.05, 3.63) is 101 Å². The van der Waals surface area contributed by atoms with Crippen LogP contribution in [0.2, 0.25) is 0 Å². The van der Waals surface area contributed by atoms with Crippen LogP contribution in [-0.2, 0) is 32.6 Å². The minimum Gasteiger partial charge on any atom is -0.355 e. The molecule has 2 amide bonds. The number of anilines is 1. The van der Waals surface area contributed by atoms with Gasteiger partial charge in [-0.05, 0) is 56.0 Å². The second-order valence-corrected chi connectivity index (χ2v) is 11.6. The van der Waals surface area contributed by atoms with Gasteiger partial charge in [-0.1, -0.05) is 72.3 Å². The second kappa shape index (κ2) is 12.7. The molecule has 0 fully saturated rings. The first-order valence-corrected chi connectivity index (χ1v) is 14.6. The zero-order chi connectivity index (χ0) is 27.9. The lowest BCUT2D eigenvalue weighted by Gasteiger charge is -2.33. The zero-order valence-corrected chi connectivity index (χ0v) is 23.6. The molecule has 1 N–H and O–H groups in total. The summed E-state index contributed by atoms with van der Waals surface area (Å²) < 4.78 is 27.0. The molecule has 0 aromatic heterocycles. The van der Waals surface area contributed by atoms with Gasteiger partial charge in [0.25, 0.3) is 0 Å². The minimum atomic E-state index is -3.79. The summed E-state index contributed by atoms with van der Waals surface area (Å²) in [4.78, 5) is 28.9. The molecule has 3 rings (SSSR count). The number of hydrogen-bond donors (Lipinski definition) is 1. The van der Waals surface area contributed by atoms with E-state index in [0.29, 0.717) is 18.7 Å². The predicted octanol–water partition coefficient (Wildman–Crippen LogP) is 4.15. The van der Waals surface area contributed by atoms with Gasteiger partial charge in [-0.25, -0.2) is 8.42 Å². The van der Waals surface area contributed by atoms with Crippen LogP contribution in [0.1, 0.15) is 34.7 Å². The lowest BCUT2D eigenvalue weighted by molar-refractivity contribution is -0.140. The van der Waals surface area contributed by atoms with Crippen molar-refractivity contribution in [3.63, 3.8) is 0 Å². The van der Waals surface area contributed by atoms with Crippen molar-refractivity contribution in [2.45, 2.75) is 46.7 Å². The molecular formula is C30H37N3O4S. The topological polar surface area (TPSA) is 86.8 Å². The molecular weight excluding hydrogens is 498 g/mol. The van der Waals surface area contributed by atoms with E-state index in [1.165, 1.54) is 4.90 Å². The Morgan fingerprint density at radius 3 is 2.11 bits per heavy atom. The molecule has 0 unspecified atom stereocenters. The third-order valence-electron chi connectivity index (χ3n) is 6.41. The van der Waals surface area contributed by atoms with E-state index >= 15 is 0 Å². The van der Waals surface area contributed by atoms with E-state index in [1.807, 2.05) is 94.4 Å². The van der Waals surface area contributed by atoms with E-state index in [-0.39, 0.29) is 12.5 Å². The van der Waals surface area contributed by atoms with Gasteiger partial charge in [0.1, 0.15) is 12.6 Å². The SMILES string of the molecule is CCNC(=O)[C@@H](Cc1ccccc1)N(Cc1ccc(C)cc1)C(=O)CN(c1cc(C)ccc1C)S(C)(=O)=O. The molecule has 0 aliphatic heterocycles. The first-order valence-electron chi connectivity index (χ1n) is 12.7. The van der Waals surface area contributed by atoms with E-state index in [0.717, 1.165) is 38.4 Å². The van der Waals surface area contributed by atoms with Crippen LogP contribution in [0.3, 0.4) is 0 Å². The summed E-state index contributed by atoms with van der Waals surface area (Å²) in [5.74, 6) is -0.737. The fourth-order valence-corrected chi connectivity index (χ4v) is 5.22. The first kappa shape index (κ1) is 28.9. The van der Waals surface area contributed by atoms with Gasteiger partial charge in [0.05, 0.1) is 11.9 Å². The molecule has 0 bridgehead atoms. The number of rotatable bonds is 11. The molecule has 0 spiro atoms. The second-order valence-electron chi connectivity index (χ2n) is 9.67. The number of carbonyl (C=O) groups is 2. The molecule has 3 aromatic rings. The summed E-state index contributed by atoms with van der Waals surface area (Å²) in [5.41, 5.74) is 4.91. The molecule has 3 aromatic carbocycles. The molecule has 0 heterocycles. The van der Waals surface area contributed by atoms with Crippen LogP contribution < -0.4 is 9.62 Å². The van der Waals surface area contributed by atoms with Crippen molar-refractivity contribution < 1.29 is 18.0 Å². The van der Waals surface area contributed by atoms with Crippen LogP contribution in [0, 0.1) is 20.8 Å². The average Bonchev–Trinajstić information content (AvgIpc) is 2.87. The molecule has 0 radical (unpaired) electrons. The van der Waals surface area contributed by atoms with E-state index in [1.54, 1.807) is 6.07 Å². The number of amides is 2. The highest BCUT2D eigenvalue weighted by molar-refractivity contribution is 7.92. The number of nitrogens with one attached hydrogen (secondary N) is 1. The van der Waals surface area contributed by atoms with Gasteiger partial charge >= 0.3 is 0 Å². The Hall–Kier alpha value is -3.65.